The van der Waals surface area contributed by atoms with Crippen LogP contribution in [0.1, 0.15) is 41.6 Å². The van der Waals surface area contributed by atoms with Crippen molar-refractivity contribution in [3.63, 3.8) is 0 Å². The number of fused-ring (bicyclic) bond motifs is 2. The predicted molar refractivity (Wildman–Crippen MR) is 108 cm³/mol. The predicted octanol–water partition coefficient (Wildman–Crippen LogP) is 1.92. The highest BCUT2D eigenvalue weighted by molar-refractivity contribution is 9.10. The number of ether oxygens (including phenoxy) is 1. The van der Waals surface area contributed by atoms with Gasteiger partial charge < -0.3 is 15.0 Å². The van der Waals surface area contributed by atoms with E-state index in [0.717, 1.165) is 67.6 Å². The fraction of sp³-hybridized carbons (Fsp3) is 0.619. The van der Waals surface area contributed by atoms with Crippen molar-refractivity contribution in [1.82, 2.24) is 15.1 Å². The molecule has 5 rings (SSSR count). The Morgan fingerprint density at radius 1 is 1.32 bits per heavy atom. The largest absolute Gasteiger partial charge is 0.378 e. The van der Waals surface area contributed by atoms with Crippen LogP contribution in [0.2, 0.25) is 0 Å². The molecule has 0 bridgehead atoms. The zero-order valence-electron chi connectivity index (χ0n) is 16.0. The molecular weight excluding hydrogens is 422 g/mol. The molecule has 7 heteroatoms. The lowest BCUT2D eigenvalue weighted by molar-refractivity contribution is -0.123. The van der Waals surface area contributed by atoms with Crippen LogP contribution in [0.4, 0.5) is 0 Å². The van der Waals surface area contributed by atoms with Gasteiger partial charge in [0.1, 0.15) is 0 Å². The number of halogens is 1. The first-order valence-corrected chi connectivity index (χ1v) is 11.0. The Kier molecular flexibility index (Phi) is 4.72. The van der Waals surface area contributed by atoms with Crippen molar-refractivity contribution in [1.29, 1.82) is 0 Å². The minimum absolute atomic E-state index is 0.0212. The summed E-state index contributed by atoms with van der Waals surface area (Å²) in [6.45, 7) is 4.38. The smallest absolute Gasteiger partial charge is 0.254 e. The van der Waals surface area contributed by atoms with Crippen LogP contribution >= 0.6 is 15.9 Å². The van der Waals surface area contributed by atoms with Gasteiger partial charge in [0.15, 0.2) is 0 Å². The Morgan fingerprint density at radius 2 is 2.14 bits per heavy atom. The van der Waals surface area contributed by atoms with Crippen LogP contribution in [0.3, 0.4) is 0 Å². The molecule has 0 aromatic heterocycles. The molecule has 2 amide bonds. The average Bonchev–Trinajstić information content (AvgIpc) is 3.39. The fourth-order valence-corrected chi connectivity index (χ4v) is 5.24. The van der Waals surface area contributed by atoms with E-state index in [9.17, 15) is 9.59 Å². The second kappa shape index (κ2) is 7.11. The van der Waals surface area contributed by atoms with E-state index in [1.165, 1.54) is 0 Å². The van der Waals surface area contributed by atoms with E-state index < -0.39 is 0 Å². The third-order valence-electron chi connectivity index (χ3n) is 6.71. The quantitative estimate of drug-likeness (QED) is 0.765. The van der Waals surface area contributed by atoms with Gasteiger partial charge in [-0.05, 0) is 56.0 Å². The molecule has 4 aliphatic rings. The molecule has 0 radical (unpaired) electrons. The van der Waals surface area contributed by atoms with Crippen molar-refractivity contribution in [2.45, 2.75) is 43.2 Å². The lowest BCUT2D eigenvalue weighted by atomic mass is 9.86. The third kappa shape index (κ3) is 3.37. The molecule has 1 atom stereocenters. The molecule has 3 aliphatic heterocycles. The van der Waals surface area contributed by atoms with Crippen molar-refractivity contribution in [2.75, 3.05) is 39.4 Å². The van der Waals surface area contributed by atoms with E-state index in [1.807, 2.05) is 12.1 Å². The van der Waals surface area contributed by atoms with E-state index >= 15 is 0 Å². The maximum Gasteiger partial charge on any atom is 0.254 e. The van der Waals surface area contributed by atoms with Gasteiger partial charge in [-0.1, -0.05) is 15.9 Å². The Bertz CT molecular complexity index is 806. The van der Waals surface area contributed by atoms with Crippen LogP contribution in [0.5, 0.6) is 0 Å². The van der Waals surface area contributed by atoms with Gasteiger partial charge in [0, 0.05) is 34.6 Å². The number of rotatable bonds is 4. The van der Waals surface area contributed by atoms with Gasteiger partial charge >= 0.3 is 0 Å². The van der Waals surface area contributed by atoms with Crippen LogP contribution in [-0.2, 0) is 14.9 Å². The Hall–Kier alpha value is -1.44. The molecule has 0 unspecified atom stereocenters. The van der Waals surface area contributed by atoms with Crippen molar-refractivity contribution in [3.8, 4) is 0 Å². The van der Waals surface area contributed by atoms with Gasteiger partial charge in [-0.2, -0.15) is 0 Å². The van der Waals surface area contributed by atoms with Crippen LogP contribution in [-0.4, -0.2) is 73.1 Å². The fourth-order valence-electron chi connectivity index (χ4n) is 4.88. The summed E-state index contributed by atoms with van der Waals surface area (Å²) in [5.41, 5.74) is 1.96. The van der Waals surface area contributed by atoms with Crippen molar-refractivity contribution in [2.24, 2.45) is 0 Å². The number of hydrogen-bond donors (Lipinski definition) is 1. The third-order valence-corrected chi connectivity index (χ3v) is 7.20. The zero-order valence-corrected chi connectivity index (χ0v) is 17.5. The van der Waals surface area contributed by atoms with Crippen molar-refractivity contribution < 1.29 is 14.3 Å². The normalized spacial score (nSPS) is 26.7. The highest BCUT2D eigenvalue weighted by Gasteiger charge is 2.51. The van der Waals surface area contributed by atoms with E-state index in [1.54, 1.807) is 4.90 Å². The molecule has 150 valence electrons. The Labute approximate surface area is 173 Å². The lowest BCUT2D eigenvalue weighted by Crippen LogP contribution is -2.57. The van der Waals surface area contributed by atoms with E-state index in [2.05, 4.69) is 32.2 Å². The topological polar surface area (TPSA) is 61.9 Å². The summed E-state index contributed by atoms with van der Waals surface area (Å²) < 4.78 is 6.31. The number of nitrogens with zero attached hydrogens (tertiary/aromatic N) is 2. The second-order valence-electron chi connectivity index (χ2n) is 8.72. The number of likely N-dealkylation sites (tertiary alicyclic amines) is 1. The SMILES string of the molecule is O=C(CN1CC2(CC2)c2cc(Br)ccc2C1=O)N[C@H]1CCCN(C2COC2)C1. The minimum atomic E-state index is -0.0404. The summed E-state index contributed by atoms with van der Waals surface area (Å²) in [5.74, 6) is -0.0616. The second-order valence-corrected chi connectivity index (χ2v) is 9.64. The zero-order chi connectivity index (χ0) is 19.3. The Morgan fingerprint density at radius 3 is 2.86 bits per heavy atom. The minimum Gasteiger partial charge on any atom is -0.378 e. The monoisotopic (exact) mass is 447 g/mol. The Balaban J connectivity index is 1.23. The summed E-state index contributed by atoms with van der Waals surface area (Å²) in [6.07, 6.45) is 4.27. The number of carbonyl (C=O) groups is 2. The summed E-state index contributed by atoms with van der Waals surface area (Å²) in [4.78, 5) is 29.9. The molecule has 1 aromatic carbocycles. The molecule has 1 spiro atoms. The van der Waals surface area contributed by atoms with Gasteiger partial charge in [-0.3, -0.25) is 14.5 Å². The number of piperidine rings is 1. The summed E-state index contributed by atoms with van der Waals surface area (Å²) >= 11 is 3.52. The van der Waals surface area contributed by atoms with Gasteiger partial charge in [0.2, 0.25) is 5.91 Å². The highest BCUT2D eigenvalue weighted by atomic mass is 79.9. The first-order chi connectivity index (χ1) is 13.5. The van der Waals surface area contributed by atoms with Gasteiger partial charge in [0.25, 0.3) is 5.91 Å². The molecule has 1 saturated carbocycles. The average molecular weight is 448 g/mol. The summed E-state index contributed by atoms with van der Waals surface area (Å²) in [6, 6.07) is 6.56. The van der Waals surface area contributed by atoms with Crippen molar-refractivity contribution >= 4 is 27.7 Å². The standard InChI is InChI=1S/C21H26BrN3O3/c22-14-3-4-17-18(8-14)21(5-6-21)13-25(20(17)27)10-19(26)23-15-2-1-7-24(9-15)16-11-28-12-16/h3-4,8,15-16H,1-2,5-7,9-13H2,(H,23,26)/t15-/m0/s1. The number of carbonyl (C=O) groups excluding carboxylic acids is 2. The first kappa shape index (κ1) is 18.6. The van der Waals surface area contributed by atoms with Gasteiger partial charge in [-0.25, -0.2) is 0 Å². The van der Waals surface area contributed by atoms with E-state index in [4.69, 9.17) is 4.74 Å². The van der Waals surface area contributed by atoms with Gasteiger partial charge in [0.05, 0.1) is 25.8 Å². The maximum atomic E-state index is 13.0. The number of benzene rings is 1. The molecule has 1 aliphatic carbocycles. The van der Waals surface area contributed by atoms with E-state index in [-0.39, 0.29) is 29.8 Å². The maximum absolute atomic E-state index is 13.0. The van der Waals surface area contributed by atoms with Crippen LogP contribution in [0.15, 0.2) is 22.7 Å². The molecule has 3 fully saturated rings. The van der Waals surface area contributed by atoms with Crippen LogP contribution < -0.4 is 5.32 Å². The molecule has 3 heterocycles. The number of nitrogens with one attached hydrogen (secondary N) is 1. The summed E-state index contributed by atoms with van der Waals surface area (Å²) in [7, 11) is 0. The van der Waals surface area contributed by atoms with E-state index in [0.29, 0.717) is 12.6 Å². The molecule has 28 heavy (non-hydrogen) atoms. The van der Waals surface area contributed by atoms with Crippen molar-refractivity contribution in [3.05, 3.63) is 33.8 Å². The molecule has 1 N–H and O–H groups in total. The molecule has 6 nitrogen and oxygen atoms in total. The summed E-state index contributed by atoms with van der Waals surface area (Å²) in [5, 5.41) is 3.18. The number of hydrogen-bond acceptors (Lipinski definition) is 4. The first-order valence-electron chi connectivity index (χ1n) is 10.2. The molecule has 1 aromatic rings. The number of amides is 2. The molecular formula is C21H26BrN3O3. The van der Waals surface area contributed by atoms with Crippen LogP contribution in [0.25, 0.3) is 0 Å². The van der Waals surface area contributed by atoms with Crippen LogP contribution in [0, 0.1) is 0 Å². The molecule has 2 saturated heterocycles. The highest BCUT2D eigenvalue weighted by Crippen LogP contribution is 2.52. The van der Waals surface area contributed by atoms with Gasteiger partial charge in [-0.15, -0.1) is 0 Å². The lowest BCUT2D eigenvalue weighted by Gasteiger charge is -2.42.